The molecule has 3 aliphatic carbocycles. The smallest absolute Gasteiger partial charge is 0.0701 e. The van der Waals surface area contributed by atoms with Crippen LogP contribution in [0.3, 0.4) is 0 Å². The fourth-order valence-corrected chi connectivity index (χ4v) is 7.36. The second-order valence-corrected chi connectivity index (χ2v) is 10.7. The first-order valence-corrected chi connectivity index (χ1v) is 10.2. The third-order valence-electron chi connectivity index (χ3n) is 9.52. The van der Waals surface area contributed by atoms with Gasteiger partial charge in [0.2, 0.25) is 0 Å². The molecule has 0 radical (unpaired) electrons. The Labute approximate surface area is 144 Å². The second kappa shape index (κ2) is 5.48. The van der Waals surface area contributed by atoms with Gasteiger partial charge in [0.15, 0.2) is 0 Å². The Morgan fingerprint density at radius 3 is 2.09 bits per heavy atom. The van der Waals surface area contributed by atoms with Gasteiger partial charge in [0.05, 0.1) is 5.60 Å². The minimum atomic E-state index is -0.511. The van der Waals surface area contributed by atoms with E-state index in [1.165, 1.54) is 38.5 Å². The van der Waals surface area contributed by atoms with Crippen molar-refractivity contribution in [2.75, 3.05) is 0 Å². The summed E-state index contributed by atoms with van der Waals surface area (Å²) in [6.07, 6.45) is 7.89. The summed E-state index contributed by atoms with van der Waals surface area (Å²) >= 11 is 0. The van der Waals surface area contributed by atoms with Crippen LogP contribution in [0.5, 0.6) is 0 Å². The van der Waals surface area contributed by atoms with E-state index >= 15 is 0 Å². The molecule has 3 saturated carbocycles. The van der Waals surface area contributed by atoms with E-state index in [-0.39, 0.29) is 5.41 Å². The minimum Gasteiger partial charge on any atom is -0.389 e. The zero-order valence-corrected chi connectivity index (χ0v) is 16.7. The molecule has 0 aliphatic heterocycles. The summed E-state index contributed by atoms with van der Waals surface area (Å²) in [7, 11) is 0. The van der Waals surface area contributed by atoms with Gasteiger partial charge in [0.1, 0.15) is 0 Å². The summed E-state index contributed by atoms with van der Waals surface area (Å²) in [5.41, 5.74) is 0.0605. The van der Waals surface area contributed by atoms with E-state index in [4.69, 9.17) is 0 Å². The van der Waals surface area contributed by atoms with Gasteiger partial charge < -0.3 is 5.11 Å². The van der Waals surface area contributed by atoms with Crippen molar-refractivity contribution in [1.29, 1.82) is 0 Å². The Balaban J connectivity index is 2.00. The molecule has 0 spiro atoms. The largest absolute Gasteiger partial charge is 0.389 e. The lowest BCUT2D eigenvalue weighted by atomic mass is 9.44. The van der Waals surface area contributed by atoms with E-state index in [0.717, 1.165) is 23.7 Å². The Hall–Kier alpha value is -0.0400. The SMILES string of the molecule is CC1C[C@@H](C)[C@H]2C[C@@H]3CC[C@@H](C)[C@H](CC[C@]2(C)C1(C)O)C3(C)C. The van der Waals surface area contributed by atoms with Crippen LogP contribution in [0.2, 0.25) is 0 Å². The molecule has 0 amide bonds. The maximum absolute atomic E-state index is 11.5. The van der Waals surface area contributed by atoms with E-state index in [9.17, 15) is 5.11 Å². The van der Waals surface area contributed by atoms with Gasteiger partial charge in [-0.1, -0.05) is 48.0 Å². The van der Waals surface area contributed by atoms with Gasteiger partial charge in [-0.2, -0.15) is 0 Å². The van der Waals surface area contributed by atoms with Crippen LogP contribution >= 0.6 is 0 Å². The molecule has 3 aliphatic rings. The molecule has 1 nitrogen and oxygen atoms in total. The van der Waals surface area contributed by atoms with Crippen molar-refractivity contribution in [3.63, 3.8) is 0 Å². The van der Waals surface area contributed by atoms with Crippen molar-refractivity contribution in [1.82, 2.24) is 0 Å². The van der Waals surface area contributed by atoms with Gasteiger partial charge in [-0.25, -0.2) is 0 Å². The van der Waals surface area contributed by atoms with Crippen LogP contribution in [0, 0.1) is 46.3 Å². The second-order valence-electron chi connectivity index (χ2n) is 10.7. The van der Waals surface area contributed by atoms with Crippen molar-refractivity contribution in [2.45, 2.75) is 92.6 Å². The summed E-state index contributed by atoms with van der Waals surface area (Å²) < 4.78 is 0. The van der Waals surface area contributed by atoms with Crippen LogP contribution in [0.15, 0.2) is 0 Å². The normalized spacial score (nSPS) is 56.3. The average Bonchev–Trinajstić information content (AvgIpc) is 2.43. The molecule has 2 unspecified atom stereocenters. The topological polar surface area (TPSA) is 20.2 Å². The van der Waals surface area contributed by atoms with Gasteiger partial charge in [0, 0.05) is 0 Å². The van der Waals surface area contributed by atoms with E-state index < -0.39 is 5.60 Å². The lowest BCUT2D eigenvalue weighted by Gasteiger charge is -2.62. The summed E-state index contributed by atoms with van der Waals surface area (Å²) in [6.45, 7) is 16.9. The van der Waals surface area contributed by atoms with Gasteiger partial charge >= 0.3 is 0 Å². The number of fused-ring (bicyclic) bond motifs is 3. The molecule has 1 heteroatoms. The zero-order valence-electron chi connectivity index (χ0n) is 16.7. The highest BCUT2D eigenvalue weighted by molar-refractivity contribution is 5.09. The molecule has 0 aromatic rings. The Kier molecular flexibility index (Phi) is 4.23. The molecule has 0 aromatic heterocycles. The van der Waals surface area contributed by atoms with E-state index in [1.807, 2.05) is 0 Å². The first-order valence-electron chi connectivity index (χ1n) is 10.2. The monoisotopic (exact) mass is 320 g/mol. The summed E-state index contributed by atoms with van der Waals surface area (Å²) in [6, 6.07) is 0. The molecule has 23 heavy (non-hydrogen) atoms. The van der Waals surface area contributed by atoms with Crippen LogP contribution in [-0.4, -0.2) is 10.7 Å². The van der Waals surface area contributed by atoms with Crippen LogP contribution in [-0.2, 0) is 0 Å². The third kappa shape index (κ3) is 2.43. The van der Waals surface area contributed by atoms with Crippen molar-refractivity contribution in [3.8, 4) is 0 Å². The van der Waals surface area contributed by atoms with Crippen LogP contribution in [0.1, 0.15) is 87.0 Å². The Morgan fingerprint density at radius 2 is 1.43 bits per heavy atom. The fraction of sp³-hybridized carbons (Fsp3) is 1.00. The van der Waals surface area contributed by atoms with E-state index in [0.29, 0.717) is 17.3 Å². The van der Waals surface area contributed by atoms with Crippen molar-refractivity contribution in [2.24, 2.45) is 46.3 Å². The van der Waals surface area contributed by atoms with Crippen molar-refractivity contribution >= 4 is 0 Å². The molecule has 0 heterocycles. The summed E-state index contributed by atoms with van der Waals surface area (Å²) in [5, 5.41) is 11.5. The summed E-state index contributed by atoms with van der Waals surface area (Å²) in [5.74, 6) is 4.39. The molecule has 8 atom stereocenters. The number of hydrogen-bond donors (Lipinski definition) is 1. The standard InChI is InChI=1S/C22H40O/c1-14-8-9-17-13-19-15(2)12-16(3)22(7,23)21(19,6)11-10-18(14)20(17,4)5/h14-19,23H,8-13H2,1-7H3/t14-,15-,16?,17+,18+,19-,21+,22?/m1/s1. The van der Waals surface area contributed by atoms with E-state index in [2.05, 4.69) is 48.5 Å². The highest BCUT2D eigenvalue weighted by Crippen LogP contribution is 2.63. The first-order chi connectivity index (χ1) is 10.5. The predicted molar refractivity (Wildman–Crippen MR) is 98.2 cm³/mol. The first kappa shape index (κ1) is 17.8. The van der Waals surface area contributed by atoms with Gasteiger partial charge in [-0.05, 0) is 85.4 Å². The Morgan fingerprint density at radius 1 is 0.783 bits per heavy atom. The molecule has 3 rings (SSSR count). The Bertz CT molecular complexity index is 451. The molecule has 2 bridgehead atoms. The van der Waals surface area contributed by atoms with Gasteiger partial charge in [-0.15, -0.1) is 0 Å². The minimum absolute atomic E-state index is 0.0914. The van der Waals surface area contributed by atoms with Crippen molar-refractivity contribution < 1.29 is 5.11 Å². The molecular formula is C22H40O. The third-order valence-corrected chi connectivity index (χ3v) is 9.52. The van der Waals surface area contributed by atoms with Gasteiger partial charge in [0.25, 0.3) is 0 Å². The number of hydrogen-bond acceptors (Lipinski definition) is 1. The highest BCUT2D eigenvalue weighted by Gasteiger charge is 2.59. The molecular weight excluding hydrogens is 280 g/mol. The summed E-state index contributed by atoms with van der Waals surface area (Å²) in [4.78, 5) is 0. The average molecular weight is 321 g/mol. The van der Waals surface area contributed by atoms with Crippen molar-refractivity contribution in [3.05, 3.63) is 0 Å². The van der Waals surface area contributed by atoms with Gasteiger partial charge in [-0.3, -0.25) is 0 Å². The van der Waals surface area contributed by atoms with Crippen LogP contribution in [0.4, 0.5) is 0 Å². The molecule has 3 fully saturated rings. The number of rotatable bonds is 0. The number of aliphatic hydroxyl groups is 1. The quantitative estimate of drug-likeness (QED) is 0.588. The maximum Gasteiger partial charge on any atom is 0.0701 e. The zero-order chi connectivity index (χ0) is 17.2. The lowest BCUT2D eigenvalue weighted by Crippen LogP contribution is -2.60. The molecule has 0 saturated heterocycles. The predicted octanol–water partition coefficient (Wildman–Crippen LogP) is 5.91. The fourth-order valence-electron chi connectivity index (χ4n) is 7.36. The molecule has 134 valence electrons. The van der Waals surface area contributed by atoms with Crippen LogP contribution in [0.25, 0.3) is 0 Å². The molecule has 1 N–H and O–H groups in total. The maximum atomic E-state index is 11.5. The molecule has 0 aromatic carbocycles. The lowest BCUT2D eigenvalue weighted by molar-refractivity contribution is -0.197. The van der Waals surface area contributed by atoms with Crippen LogP contribution < -0.4 is 0 Å². The van der Waals surface area contributed by atoms with E-state index in [1.54, 1.807) is 0 Å². The highest BCUT2D eigenvalue weighted by atomic mass is 16.3.